The van der Waals surface area contributed by atoms with Crippen molar-refractivity contribution in [2.24, 2.45) is 7.05 Å². The first kappa shape index (κ1) is 19.2. The number of pyridine rings is 1. The Kier molecular flexibility index (Phi) is 4.63. The zero-order valence-corrected chi connectivity index (χ0v) is 17.8. The Morgan fingerprint density at radius 3 is 2.62 bits per heavy atom. The lowest BCUT2D eigenvalue weighted by atomic mass is 10.1. The summed E-state index contributed by atoms with van der Waals surface area (Å²) in [4.78, 5) is 17.3. The van der Waals surface area contributed by atoms with E-state index in [1.165, 1.54) is 16.3 Å². The predicted molar refractivity (Wildman–Crippen MR) is 113 cm³/mol. The molecule has 0 spiro atoms. The number of fused-ring (bicyclic) bond motifs is 3. The third-order valence-electron chi connectivity index (χ3n) is 5.35. The summed E-state index contributed by atoms with van der Waals surface area (Å²) in [5, 5.41) is 19.5. The molecule has 0 aliphatic heterocycles. The minimum atomic E-state index is -0.0963. The van der Waals surface area contributed by atoms with E-state index in [2.05, 4.69) is 21.3 Å². The van der Waals surface area contributed by atoms with Crippen LogP contribution in [0.15, 0.2) is 28.0 Å². The van der Waals surface area contributed by atoms with E-state index in [1.807, 2.05) is 50.3 Å². The van der Waals surface area contributed by atoms with Crippen LogP contribution in [0.5, 0.6) is 0 Å². The molecular weight excluding hydrogens is 384 g/mol. The largest absolute Gasteiger partial charge is 0.279 e. The summed E-state index contributed by atoms with van der Waals surface area (Å²) in [5.41, 5.74) is 5.21. The van der Waals surface area contributed by atoms with Crippen molar-refractivity contribution in [3.05, 3.63) is 62.3 Å². The van der Waals surface area contributed by atoms with Gasteiger partial charge in [-0.25, -0.2) is 4.98 Å². The normalized spacial score (nSPS) is 11.3. The molecule has 4 rings (SSSR count). The van der Waals surface area contributed by atoms with Gasteiger partial charge in [-0.15, -0.1) is 10.2 Å². The summed E-state index contributed by atoms with van der Waals surface area (Å²) in [5.74, 6) is 1.68. The van der Waals surface area contributed by atoms with Gasteiger partial charge in [-0.1, -0.05) is 23.4 Å². The van der Waals surface area contributed by atoms with Crippen LogP contribution in [0.1, 0.15) is 33.8 Å². The van der Waals surface area contributed by atoms with E-state index in [-0.39, 0.29) is 5.56 Å². The van der Waals surface area contributed by atoms with Crippen molar-refractivity contribution in [2.45, 2.75) is 38.5 Å². The minimum Gasteiger partial charge on any atom is -0.279 e. The fourth-order valence-electron chi connectivity index (χ4n) is 3.43. The topological polar surface area (TPSA) is 88.9 Å². The third kappa shape index (κ3) is 2.98. The molecule has 3 heterocycles. The lowest BCUT2D eigenvalue weighted by molar-refractivity contribution is 0.857. The first-order chi connectivity index (χ1) is 13.8. The maximum atomic E-state index is 12.7. The number of nitrogens with zero attached hydrogens (tertiary/aromatic N) is 6. The summed E-state index contributed by atoms with van der Waals surface area (Å²) in [6.45, 7) is 7.84. The first-order valence-electron chi connectivity index (χ1n) is 9.17. The number of hydrogen-bond donors (Lipinski definition) is 0. The van der Waals surface area contributed by atoms with Crippen LogP contribution in [0.4, 0.5) is 0 Å². The van der Waals surface area contributed by atoms with Crippen LogP contribution in [0, 0.1) is 39.0 Å². The molecule has 0 saturated heterocycles. The zero-order chi connectivity index (χ0) is 20.9. The highest BCUT2D eigenvalue weighted by Gasteiger charge is 2.17. The van der Waals surface area contributed by atoms with E-state index >= 15 is 0 Å². The van der Waals surface area contributed by atoms with Crippen LogP contribution in [-0.2, 0) is 12.8 Å². The summed E-state index contributed by atoms with van der Waals surface area (Å²) >= 11 is 1.46. The number of thioether (sulfide) groups is 1. The van der Waals surface area contributed by atoms with Crippen molar-refractivity contribution in [1.82, 2.24) is 24.1 Å². The maximum absolute atomic E-state index is 12.7. The molecule has 4 aromatic rings. The van der Waals surface area contributed by atoms with Crippen molar-refractivity contribution in [3.63, 3.8) is 0 Å². The SMILES string of the molecule is Cc1ccc2c(c1)c(=O)n(C)c1nnc(CSc3nc(C)c(C)c(C)c3C#N)n21. The van der Waals surface area contributed by atoms with Crippen LogP contribution >= 0.6 is 11.8 Å². The van der Waals surface area contributed by atoms with E-state index < -0.39 is 0 Å². The molecule has 0 atom stereocenters. The fourth-order valence-corrected chi connectivity index (χ4v) is 4.43. The van der Waals surface area contributed by atoms with Gasteiger partial charge in [0.2, 0.25) is 5.78 Å². The van der Waals surface area contributed by atoms with Gasteiger partial charge in [0.05, 0.1) is 22.2 Å². The number of rotatable bonds is 3. The monoisotopic (exact) mass is 404 g/mol. The molecule has 146 valence electrons. The molecular formula is C21H20N6OS. The molecule has 0 N–H and O–H groups in total. The highest BCUT2D eigenvalue weighted by molar-refractivity contribution is 7.98. The Bertz CT molecular complexity index is 1390. The van der Waals surface area contributed by atoms with E-state index in [9.17, 15) is 10.1 Å². The quantitative estimate of drug-likeness (QED) is 0.487. The van der Waals surface area contributed by atoms with Gasteiger partial charge in [-0.3, -0.25) is 13.8 Å². The van der Waals surface area contributed by atoms with Gasteiger partial charge < -0.3 is 0 Å². The van der Waals surface area contributed by atoms with Crippen LogP contribution in [-0.4, -0.2) is 24.1 Å². The van der Waals surface area contributed by atoms with E-state index in [1.54, 1.807) is 7.05 Å². The second-order valence-corrected chi connectivity index (χ2v) is 8.13. The number of aromatic nitrogens is 5. The van der Waals surface area contributed by atoms with Crippen molar-refractivity contribution in [2.75, 3.05) is 0 Å². The molecule has 0 radical (unpaired) electrons. The number of hydrogen-bond acceptors (Lipinski definition) is 6. The molecule has 8 heteroatoms. The zero-order valence-electron chi connectivity index (χ0n) is 16.9. The molecule has 0 saturated carbocycles. The second kappa shape index (κ2) is 7.01. The molecule has 0 fully saturated rings. The average Bonchev–Trinajstić information content (AvgIpc) is 3.13. The molecule has 29 heavy (non-hydrogen) atoms. The van der Waals surface area contributed by atoms with Crippen LogP contribution in [0.2, 0.25) is 0 Å². The molecule has 0 unspecified atom stereocenters. The van der Waals surface area contributed by atoms with Gasteiger partial charge in [0, 0.05) is 12.7 Å². The van der Waals surface area contributed by atoms with Crippen molar-refractivity contribution >= 4 is 28.4 Å². The van der Waals surface area contributed by atoms with E-state index in [0.29, 0.717) is 33.3 Å². The van der Waals surface area contributed by atoms with Gasteiger partial charge in [-0.2, -0.15) is 5.26 Å². The molecule has 0 bridgehead atoms. The molecule has 0 aliphatic carbocycles. The lowest BCUT2D eigenvalue weighted by Gasteiger charge is -2.11. The van der Waals surface area contributed by atoms with Gasteiger partial charge in [0.15, 0.2) is 0 Å². The van der Waals surface area contributed by atoms with Crippen molar-refractivity contribution < 1.29 is 0 Å². The van der Waals surface area contributed by atoms with E-state index in [0.717, 1.165) is 27.9 Å². The Morgan fingerprint density at radius 1 is 1.14 bits per heavy atom. The molecule has 0 amide bonds. The molecule has 0 aliphatic rings. The predicted octanol–water partition coefficient (Wildman–Crippen LogP) is 3.37. The molecule has 7 nitrogen and oxygen atoms in total. The summed E-state index contributed by atoms with van der Waals surface area (Å²) in [6, 6.07) is 8.06. The first-order valence-corrected chi connectivity index (χ1v) is 10.2. The van der Waals surface area contributed by atoms with Gasteiger partial charge >= 0.3 is 0 Å². The summed E-state index contributed by atoms with van der Waals surface area (Å²) < 4.78 is 3.42. The standard InChI is InChI=1S/C21H20N6OS/c1-11-6-7-17-15(8-11)20(28)26(5)21-25-24-18(27(17)21)10-29-19-16(9-22)13(3)12(2)14(4)23-19/h6-8H,10H2,1-5H3. The highest BCUT2D eigenvalue weighted by Crippen LogP contribution is 2.29. The van der Waals surface area contributed by atoms with Gasteiger partial charge in [0.1, 0.15) is 16.9 Å². The number of benzene rings is 1. The Labute approximate surface area is 172 Å². The minimum absolute atomic E-state index is 0.0963. The van der Waals surface area contributed by atoms with Crippen molar-refractivity contribution in [1.29, 1.82) is 5.26 Å². The van der Waals surface area contributed by atoms with Crippen LogP contribution < -0.4 is 5.56 Å². The number of nitriles is 1. The summed E-state index contributed by atoms with van der Waals surface area (Å²) in [7, 11) is 1.70. The van der Waals surface area contributed by atoms with Crippen molar-refractivity contribution in [3.8, 4) is 6.07 Å². The number of aryl methyl sites for hydroxylation is 3. The van der Waals surface area contributed by atoms with E-state index in [4.69, 9.17) is 0 Å². The van der Waals surface area contributed by atoms with Gasteiger partial charge in [0.25, 0.3) is 5.56 Å². The Balaban J connectivity index is 1.85. The Morgan fingerprint density at radius 2 is 1.90 bits per heavy atom. The second-order valence-electron chi connectivity index (χ2n) is 7.16. The van der Waals surface area contributed by atoms with Crippen LogP contribution in [0.3, 0.4) is 0 Å². The fraction of sp³-hybridized carbons (Fsp3) is 0.286. The van der Waals surface area contributed by atoms with Crippen LogP contribution in [0.25, 0.3) is 16.7 Å². The average molecular weight is 404 g/mol. The lowest BCUT2D eigenvalue weighted by Crippen LogP contribution is -2.20. The third-order valence-corrected chi connectivity index (χ3v) is 6.33. The smallest absolute Gasteiger partial charge is 0.262 e. The molecule has 1 aromatic carbocycles. The summed E-state index contributed by atoms with van der Waals surface area (Å²) in [6.07, 6.45) is 0. The molecule has 3 aromatic heterocycles. The Hall–Kier alpha value is -3.18. The highest BCUT2D eigenvalue weighted by atomic mass is 32.2. The van der Waals surface area contributed by atoms with Gasteiger partial charge in [-0.05, 0) is 51.0 Å². The maximum Gasteiger partial charge on any atom is 0.262 e.